The molecule has 10 heteroatoms. The fourth-order valence-electron chi connectivity index (χ4n) is 8.33. The first-order valence-electron chi connectivity index (χ1n) is 18.0. The molecule has 0 spiro atoms. The second-order valence-electron chi connectivity index (χ2n) is 15.7. The number of aryl methyl sites for hydroxylation is 1. The first-order valence-corrected chi connectivity index (χ1v) is 18.0. The lowest BCUT2D eigenvalue weighted by molar-refractivity contribution is -0.124. The number of fused-ring (bicyclic) bond motifs is 3. The Morgan fingerprint density at radius 2 is 1.73 bits per heavy atom. The Bertz CT molecular complexity index is 1610. The Morgan fingerprint density at radius 1 is 1.02 bits per heavy atom. The number of alkyl carbamates (subject to hydrolysis) is 1. The van der Waals surface area contributed by atoms with Crippen LogP contribution >= 0.6 is 0 Å². The van der Waals surface area contributed by atoms with Crippen LogP contribution in [-0.2, 0) is 20.5 Å². The van der Waals surface area contributed by atoms with E-state index in [1.807, 2.05) is 28.0 Å². The number of carbonyl (C=O) groups is 2. The van der Waals surface area contributed by atoms with Crippen molar-refractivity contribution in [1.29, 1.82) is 0 Å². The normalized spacial score (nSPS) is 25.1. The lowest BCUT2D eigenvalue weighted by atomic mass is 9.51. The van der Waals surface area contributed by atoms with Crippen LogP contribution < -0.4 is 15.0 Å². The predicted octanol–water partition coefficient (Wildman–Crippen LogP) is 6.92. The molecular weight excluding hydrogens is 618 g/mol. The van der Waals surface area contributed by atoms with Gasteiger partial charge < -0.3 is 19.9 Å². The molecule has 264 valence electrons. The maximum Gasteiger partial charge on any atom is 0.407 e. The number of aliphatic hydroxyl groups is 1. The van der Waals surface area contributed by atoms with Crippen LogP contribution in [0.5, 0.6) is 5.75 Å². The van der Waals surface area contributed by atoms with E-state index >= 15 is 0 Å². The fraction of sp³-hybridized carbons (Fsp3) is 0.590. The molecule has 7 rings (SSSR count). The molecule has 0 aliphatic heterocycles. The summed E-state index contributed by atoms with van der Waals surface area (Å²) in [7, 11) is 1.73. The summed E-state index contributed by atoms with van der Waals surface area (Å²) >= 11 is 0. The van der Waals surface area contributed by atoms with Gasteiger partial charge in [0.2, 0.25) is 5.91 Å². The Kier molecular flexibility index (Phi) is 10.1. The zero-order valence-corrected chi connectivity index (χ0v) is 29.8. The maximum absolute atomic E-state index is 14.6. The van der Waals surface area contributed by atoms with Gasteiger partial charge in [0.15, 0.2) is 0 Å². The minimum Gasteiger partial charge on any atom is -0.496 e. The van der Waals surface area contributed by atoms with Gasteiger partial charge in [-0.25, -0.2) is 9.78 Å². The van der Waals surface area contributed by atoms with Crippen LogP contribution in [0.2, 0.25) is 0 Å². The van der Waals surface area contributed by atoms with Gasteiger partial charge in [-0.2, -0.15) is 5.10 Å². The molecule has 3 aromatic rings. The number of aliphatic hydroxyl groups excluding tert-OH is 1. The van der Waals surface area contributed by atoms with Crippen molar-refractivity contribution in [1.82, 2.24) is 20.1 Å². The van der Waals surface area contributed by atoms with Crippen molar-refractivity contribution in [3.05, 3.63) is 60.0 Å². The van der Waals surface area contributed by atoms with Gasteiger partial charge in [0.25, 0.3) is 0 Å². The summed E-state index contributed by atoms with van der Waals surface area (Å²) in [5.41, 5.74) is 4.66. The molecule has 2 heterocycles. The van der Waals surface area contributed by atoms with Gasteiger partial charge in [-0.1, -0.05) is 12.1 Å². The number of pyridine rings is 1. The lowest BCUT2D eigenvalue weighted by Crippen LogP contribution is -2.52. The van der Waals surface area contributed by atoms with Gasteiger partial charge in [-0.05, 0) is 138 Å². The van der Waals surface area contributed by atoms with Gasteiger partial charge in [0.1, 0.15) is 17.7 Å². The second kappa shape index (κ2) is 14.1. The molecule has 49 heavy (non-hydrogen) atoms. The number of amides is 2. The van der Waals surface area contributed by atoms with E-state index in [1.165, 1.54) is 11.1 Å². The molecule has 2 amide bonds. The van der Waals surface area contributed by atoms with Crippen LogP contribution in [0.3, 0.4) is 0 Å². The van der Waals surface area contributed by atoms with Crippen molar-refractivity contribution >= 4 is 17.8 Å². The van der Waals surface area contributed by atoms with Crippen molar-refractivity contribution in [3.63, 3.8) is 0 Å². The third-order valence-corrected chi connectivity index (χ3v) is 11.5. The van der Waals surface area contributed by atoms with E-state index in [2.05, 4.69) is 68.6 Å². The molecule has 0 atom stereocenters. The molecule has 10 nitrogen and oxygen atoms in total. The average Bonchev–Trinajstić information content (AvgIpc) is 3.62. The van der Waals surface area contributed by atoms with Crippen molar-refractivity contribution in [2.24, 2.45) is 11.3 Å². The molecular formula is C39H53N5O5. The number of ether oxygens (including phenoxy) is 2. The van der Waals surface area contributed by atoms with E-state index in [4.69, 9.17) is 19.6 Å². The van der Waals surface area contributed by atoms with Crippen molar-refractivity contribution < 1.29 is 24.2 Å². The first kappa shape index (κ1) is 34.9. The molecule has 4 aliphatic carbocycles. The zero-order chi connectivity index (χ0) is 34.8. The smallest absolute Gasteiger partial charge is 0.407 e. The van der Waals surface area contributed by atoms with Crippen molar-refractivity contribution in [2.45, 2.75) is 109 Å². The number of hydrogen-bond acceptors (Lipinski definition) is 7. The topological polar surface area (TPSA) is 119 Å². The number of anilines is 1. The van der Waals surface area contributed by atoms with E-state index in [1.54, 1.807) is 7.11 Å². The number of methoxy groups -OCH3 is 1. The number of carbonyl (C=O) groups excluding carboxylic acids is 2. The summed E-state index contributed by atoms with van der Waals surface area (Å²) < 4.78 is 13.1. The minimum atomic E-state index is -0.518. The largest absolute Gasteiger partial charge is 0.496 e. The number of rotatable bonds is 10. The maximum atomic E-state index is 14.6. The standard InChI is InChI=1S/C39H53N5O5/c1-27-22-31(8-11-33(27)48-5)39-16-13-38(14-17-39,15-18-39)26-43(35(46)28-6-9-32(10-7-28)49-36(47)41-20-21-45)34-23-29(12-19-40-34)30-24-42-44(25-30)37(2,3)4/h8,11-12,19,22-25,28,32,45H,6-7,9-10,13-18,20-21,26H2,1-5H3,(H,41,47). The molecule has 4 saturated carbocycles. The van der Waals surface area contributed by atoms with Crippen LogP contribution in [0.4, 0.5) is 10.6 Å². The van der Waals surface area contributed by atoms with E-state index in [0.29, 0.717) is 38.0 Å². The van der Waals surface area contributed by atoms with Crippen LogP contribution in [-0.4, -0.2) is 64.8 Å². The molecule has 2 bridgehead atoms. The monoisotopic (exact) mass is 671 g/mol. The summed E-state index contributed by atoms with van der Waals surface area (Å²) in [5, 5.41) is 16.2. The van der Waals surface area contributed by atoms with Crippen LogP contribution in [0, 0.1) is 18.3 Å². The summed E-state index contributed by atoms with van der Waals surface area (Å²) in [4.78, 5) is 33.5. The predicted molar refractivity (Wildman–Crippen MR) is 190 cm³/mol. The summed E-state index contributed by atoms with van der Waals surface area (Å²) in [6, 6.07) is 10.7. The van der Waals surface area contributed by atoms with Crippen LogP contribution in [0.25, 0.3) is 11.1 Å². The summed E-state index contributed by atoms with van der Waals surface area (Å²) in [5.74, 6) is 1.57. The molecule has 0 saturated heterocycles. The Balaban J connectivity index is 1.23. The Morgan fingerprint density at radius 3 is 2.35 bits per heavy atom. The highest BCUT2D eigenvalue weighted by Gasteiger charge is 2.51. The molecule has 0 radical (unpaired) electrons. The van der Waals surface area contributed by atoms with E-state index < -0.39 is 6.09 Å². The van der Waals surface area contributed by atoms with Crippen molar-refractivity contribution in [3.8, 4) is 16.9 Å². The summed E-state index contributed by atoms with van der Waals surface area (Å²) in [6.45, 7) is 9.18. The van der Waals surface area contributed by atoms with Crippen LogP contribution in [0.15, 0.2) is 48.9 Å². The third kappa shape index (κ3) is 7.49. The zero-order valence-electron chi connectivity index (χ0n) is 29.8. The van der Waals surface area contributed by atoms with E-state index in [0.717, 1.165) is 55.4 Å². The third-order valence-electron chi connectivity index (χ3n) is 11.5. The minimum absolute atomic E-state index is 0.0405. The molecule has 2 aromatic heterocycles. The van der Waals surface area contributed by atoms with E-state index in [-0.39, 0.29) is 47.4 Å². The highest BCUT2D eigenvalue weighted by Crippen LogP contribution is 2.58. The van der Waals surface area contributed by atoms with Crippen LogP contribution in [0.1, 0.15) is 96.1 Å². The average molecular weight is 672 g/mol. The van der Waals surface area contributed by atoms with Gasteiger partial charge >= 0.3 is 6.09 Å². The second-order valence-corrected chi connectivity index (χ2v) is 15.7. The fourth-order valence-corrected chi connectivity index (χ4v) is 8.33. The van der Waals surface area contributed by atoms with Crippen molar-refractivity contribution in [2.75, 3.05) is 31.7 Å². The molecule has 0 unspecified atom stereocenters. The molecule has 1 aromatic carbocycles. The SMILES string of the molecule is COc1ccc(C23CCC(CN(C(=O)C4CCC(OC(=O)NCCO)CC4)c4cc(-c5cnn(C(C)(C)C)c5)ccn4)(CC2)CC3)cc1C. The van der Waals surface area contributed by atoms with Gasteiger partial charge in [0.05, 0.1) is 25.5 Å². The van der Waals surface area contributed by atoms with E-state index in [9.17, 15) is 9.59 Å². The highest BCUT2D eigenvalue weighted by atomic mass is 16.6. The van der Waals surface area contributed by atoms with Gasteiger partial charge in [-0.15, -0.1) is 0 Å². The number of hydrogen-bond donors (Lipinski definition) is 2. The lowest BCUT2D eigenvalue weighted by Gasteiger charge is -2.55. The molecule has 4 aliphatic rings. The number of aromatic nitrogens is 3. The quantitative estimate of drug-likeness (QED) is 0.240. The Hall–Kier alpha value is -3.92. The van der Waals surface area contributed by atoms with Gasteiger partial charge in [-0.3, -0.25) is 14.4 Å². The molecule has 2 N–H and O–H groups in total. The number of benzene rings is 1. The number of nitrogens with one attached hydrogen (secondary N) is 1. The molecule has 4 fully saturated rings. The first-order chi connectivity index (χ1) is 23.4. The summed E-state index contributed by atoms with van der Waals surface area (Å²) in [6.07, 6.45) is 14.1. The highest BCUT2D eigenvalue weighted by molar-refractivity contribution is 5.95. The number of nitrogens with zero attached hydrogens (tertiary/aromatic N) is 4. The Labute approximate surface area is 290 Å². The van der Waals surface area contributed by atoms with Gasteiger partial charge in [0, 0.05) is 37.0 Å².